The molecule has 35 heavy (non-hydrogen) atoms. The molecule has 0 saturated carbocycles. The van der Waals surface area contributed by atoms with Gasteiger partial charge >= 0.3 is 11.9 Å². The topological polar surface area (TPSA) is 52.6 Å². The van der Waals surface area contributed by atoms with Crippen molar-refractivity contribution in [3.8, 4) is 11.5 Å². The summed E-state index contributed by atoms with van der Waals surface area (Å²) in [5.74, 6) is 0.149. The van der Waals surface area contributed by atoms with E-state index in [-0.39, 0.29) is 5.41 Å². The smallest absolute Gasteiger partial charge is 0.343 e. The Balaban J connectivity index is 1.43. The fourth-order valence-corrected chi connectivity index (χ4v) is 4.08. The molecule has 0 amide bonds. The molecule has 0 aromatic heterocycles. The predicted molar refractivity (Wildman–Crippen MR) is 143 cm³/mol. The first-order valence-corrected chi connectivity index (χ1v) is 12.5. The van der Waals surface area contributed by atoms with Gasteiger partial charge in [-0.3, -0.25) is 0 Å². The maximum Gasteiger partial charge on any atom is 0.343 e. The maximum atomic E-state index is 12.4. The van der Waals surface area contributed by atoms with Gasteiger partial charge < -0.3 is 9.47 Å². The van der Waals surface area contributed by atoms with Gasteiger partial charge in [0.05, 0.1) is 11.1 Å². The molecule has 0 N–H and O–H groups in total. The molecule has 0 atom stereocenters. The molecule has 0 bridgehead atoms. The second-order valence-electron chi connectivity index (χ2n) is 8.47. The van der Waals surface area contributed by atoms with Gasteiger partial charge in [-0.1, -0.05) is 70.0 Å². The summed E-state index contributed by atoms with van der Waals surface area (Å²) in [7, 11) is 0. The SMILES string of the molecule is CC(C)(c1ccc(OC(=O)c2ccc(Br)cc2)cc1)c1ccc(OC(=O)c2ccc(Br)cc2)cc1. The van der Waals surface area contributed by atoms with E-state index in [1.165, 1.54) is 0 Å². The van der Waals surface area contributed by atoms with Gasteiger partial charge in [-0.2, -0.15) is 0 Å². The number of esters is 2. The van der Waals surface area contributed by atoms with Crippen molar-refractivity contribution in [1.29, 1.82) is 0 Å². The van der Waals surface area contributed by atoms with E-state index >= 15 is 0 Å². The fourth-order valence-electron chi connectivity index (χ4n) is 3.55. The molecule has 4 nitrogen and oxygen atoms in total. The zero-order chi connectivity index (χ0) is 25.0. The highest BCUT2D eigenvalue weighted by atomic mass is 79.9. The van der Waals surface area contributed by atoms with E-state index in [0.29, 0.717) is 22.6 Å². The molecule has 0 aliphatic rings. The van der Waals surface area contributed by atoms with Crippen LogP contribution in [-0.2, 0) is 5.41 Å². The quantitative estimate of drug-likeness (QED) is 0.168. The van der Waals surface area contributed by atoms with Crippen molar-refractivity contribution in [2.75, 3.05) is 0 Å². The van der Waals surface area contributed by atoms with Gasteiger partial charge in [0.15, 0.2) is 0 Å². The largest absolute Gasteiger partial charge is 0.423 e. The highest BCUT2D eigenvalue weighted by molar-refractivity contribution is 9.10. The fraction of sp³-hybridized carbons (Fsp3) is 0.103. The monoisotopic (exact) mass is 592 g/mol. The lowest BCUT2D eigenvalue weighted by atomic mass is 9.78. The van der Waals surface area contributed by atoms with Crippen molar-refractivity contribution in [2.45, 2.75) is 19.3 Å². The Hall–Kier alpha value is -3.22. The lowest BCUT2D eigenvalue weighted by molar-refractivity contribution is 0.0725. The van der Waals surface area contributed by atoms with Gasteiger partial charge in [0.1, 0.15) is 11.5 Å². The first-order valence-electron chi connectivity index (χ1n) is 10.9. The molecular weight excluding hydrogens is 572 g/mol. The molecule has 0 aliphatic carbocycles. The Labute approximate surface area is 221 Å². The molecule has 0 aliphatic heterocycles. The van der Waals surface area contributed by atoms with Gasteiger partial charge in [0.2, 0.25) is 0 Å². The van der Waals surface area contributed by atoms with Crippen LogP contribution in [0.25, 0.3) is 0 Å². The zero-order valence-corrected chi connectivity index (χ0v) is 22.3. The number of rotatable bonds is 6. The van der Waals surface area contributed by atoms with E-state index in [1.807, 2.05) is 24.3 Å². The van der Waals surface area contributed by atoms with Crippen LogP contribution in [-0.4, -0.2) is 11.9 Å². The molecule has 0 heterocycles. The standard InChI is InChI=1S/C29H22Br2O4/c1-29(2,21-7-15-25(16-8-21)34-27(32)19-3-11-23(30)12-4-19)22-9-17-26(18-10-22)35-28(33)20-5-13-24(31)14-6-20/h3-18H,1-2H3. The minimum Gasteiger partial charge on any atom is -0.423 e. The average molecular weight is 594 g/mol. The Morgan fingerprint density at radius 2 is 0.857 bits per heavy atom. The summed E-state index contributed by atoms with van der Waals surface area (Å²) in [6.07, 6.45) is 0. The first kappa shape index (κ1) is 24.9. The number of carbonyl (C=O) groups is 2. The predicted octanol–water partition coefficient (Wildman–Crippen LogP) is 7.98. The normalized spacial score (nSPS) is 11.1. The Bertz CT molecular complexity index is 1220. The molecule has 0 radical (unpaired) electrons. The van der Waals surface area contributed by atoms with E-state index in [4.69, 9.17) is 9.47 Å². The number of hydrogen-bond acceptors (Lipinski definition) is 4. The van der Waals surface area contributed by atoms with Crippen LogP contribution in [0.5, 0.6) is 11.5 Å². The molecule has 176 valence electrons. The average Bonchev–Trinajstić information content (AvgIpc) is 2.85. The molecule has 4 aromatic rings. The Kier molecular flexibility index (Phi) is 7.53. The van der Waals surface area contributed by atoms with Crippen LogP contribution in [0.4, 0.5) is 0 Å². The summed E-state index contributed by atoms with van der Waals surface area (Å²) in [6.45, 7) is 4.22. The van der Waals surface area contributed by atoms with Crippen LogP contribution in [0.1, 0.15) is 45.7 Å². The summed E-state index contributed by atoms with van der Waals surface area (Å²) >= 11 is 6.72. The maximum absolute atomic E-state index is 12.4. The lowest BCUT2D eigenvalue weighted by Gasteiger charge is -2.26. The number of hydrogen-bond donors (Lipinski definition) is 0. The van der Waals surface area contributed by atoms with Crippen LogP contribution >= 0.6 is 31.9 Å². The van der Waals surface area contributed by atoms with Crippen molar-refractivity contribution in [2.24, 2.45) is 0 Å². The van der Waals surface area contributed by atoms with E-state index < -0.39 is 11.9 Å². The van der Waals surface area contributed by atoms with Gasteiger partial charge in [0, 0.05) is 14.4 Å². The number of halogens is 2. The van der Waals surface area contributed by atoms with Gasteiger partial charge in [-0.05, 0) is 83.9 Å². The molecule has 0 saturated heterocycles. The lowest BCUT2D eigenvalue weighted by Crippen LogP contribution is -2.19. The third-order valence-electron chi connectivity index (χ3n) is 5.73. The molecule has 0 fully saturated rings. The van der Waals surface area contributed by atoms with Gasteiger partial charge in [0.25, 0.3) is 0 Å². The molecule has 6 heteroatoms. The van der Waals surface area contributed by atoms with Crippen molar-refractivity contribution < 1.29 is 19.1 Å². The van der Waals surface area contributed by atoms with Crippen molar-refractivity contribution in [3.05, 3.63) is 128 Å². The third kappa shape index (κ3) is 6.08. The molecule has 0 unspecified atom stereocenters. The molecule has 0 spiro atoms. The highest BCUT2D eigenvalue weighted by Crippen LogP contribution is 2.33. The second kappa shape index (κ2) is 10.6. The number of ether oxygens (including phenoxy) is 2. The van der Waals surface area contributed by atoms with Crippen LogP contribution in [0, 0.1) is 0 Å². The van der Waals surface area contributed by atoms with E-state index in [2.05, 4.69) is 45.7 Å². The summed E-state index contributed by atoms with van der Waals surface area (Å²) < 4.78 is 12.8. The second-order valence-corrected chi connectivity index (χ2v) is 10.3. The first-order chi connectivity index (χ1) is 16.7. The summed E-state index contributed by atoms with van der Waals surface area (Å²) in [5.41, 5.74) is 2.76. The van der Waals surface area contributed by atoms with Crippen LogP contribution in [0.2, 0.25) is 0 Å². The van der Waals surface area contributed by atoms with Crippen LogP contribution < -0.4 is 9.47 Å². The molecule has 4 rings (SSSR count). The minimum absolute atomic E-state index is 0.317. The number of carbonyl (C=O) groups excluding carboxylic acids is 2. The van der Waals surface area contributed by atoms with E-state index in [1.54, 1.807) is 72.8 Å². The summed E-state index contributed by atoms with van der Waals surface area (Å²) in [4.78, 5) is 24.7. The summed E-state index contributed by atoms with van der Waals surface area (Å²) in [5, 5.41) is 0. The number of benzene rings is 4. The van der Waals surface area contributed by atoms with Gasteiger partial charge in [-0.15, -0.1) is 0 Å². The van der Waals surface area contributed by atoms with E-state index in [0.717, 1.165) is 20.1 Å². The highest BCUT2D eigenvalue weighted by Gasteiger charge is 2.23. The van der Waals surface area contributed by atoms with Crippen molar-refractivity contribution in [1.82, 2.24) is 0 Å². The minimum atomic E-state index is -0.405. The van der Waals surface area contributed by atoms with E-state index in [9.17, 15) is 9.59 Å². The van der Waals surface area contributed by atoms with Crippen molar-refractivity contribution in [3.63, 3.8) is 0 Å². The van der Waals surface area contributed by atoms with Gasteiger partial charge in [-0.25, -0.2) is 9.59 Å². The van der Waals surface area contributed by atoms with Crippen LogP contribution in [0.3, 0.4) is 0 Å². The summed E-state index contributed by atoms with van der Waals surface area (Å²) in [6, 6.07) is 29.0. The molecule has 4 aromatic carbocycles. The Morgan fingerprint density at radius 3 is 1.17 bits per heavy atom. The van der Waals surface area contributed by atoms with Crippen LogP contribution in [0.15, 0.2) is 106 Å². The molecular formula is C29H22Br2O4. The van der Waals surface area contributed by atoms with Crippen molar-refractivity contribution >= 4 is 43.8 Å². The zero-order valence-electron chi connectivity index (χ0n) is 19.1. The third-order valence-corrected chi connectivity index (χ3v) is 6.79. The Morgan fingerprint density at radius 1 is 0.543 bits per heavy atom.